The minimum absolute atomic E-state index is 0.105. The quantitative estimate of drug-likeness (QED) is 0.307. The molecule has 2 unspecified atom stereocenters. The van der Waals surface area contributed by atoms with Crippen molar-refractivity contribution in [1.29, 1.82) is 5.41 Å². The van der Waals surface area contributed by atoms with Crippen LogP contribution in [0, 0.1) is 17.2 Å². The van der Waals surface area contributed by atoms with Gasteiger partial charge in [0.25, 0.3) is 0 Å². The number of carbonyl (C=O) groups is 2. The minimum Gasteiger partial charge on any atom is -0.452 e. The summed E-state index contributed by atoms with van der Waals surface area (Å²) < 4.78 is 4.50. The Morgan fingerprint density at radius 3 is 2.29 bits per heavy atom. The molecule has 5 heteroatoms. The van der Waals surface area contributed by atoms with E-state index in [9.17, 15) is 9.59 Å². The van der Waals surface area contributed by atoms with Crippen LogP contribution in [0.25, 0.3) is 0 Å². The standard InChI is InChI=1S/C9H10N2O3/c10-5-14-4-3-11-8(12)6-1-2-7(6)9(11)13/h3-7,10H,1-2H2/b4-3+,10-5?. The van der Waals surface area contributed by atoms with Crippen LogP contribution in [0.3, 0.4) is 0 Å². The molecule has 1 saturated carbocycles. The Bertz CT molecular complexity index is 302. The molecule has 2 amide bonds. The molecule has 0 aromatic carbocycles. The van der Waals surface area contributed by atoms with E-state index in [4.69, 9.17) is 5.41 Å². The summed E-state index contributed by atoms with van der Waals surface area (Å²) in [6.07, 6.45) is 4.80. The van der Waals surface area contributed by atoms with E-state index in [1.807, 2.05) is 0 Å². The molecule has 74 valence electrons. The summed E-state index contributed by atoms with van der Waals surface area (Å²) in [5.41, 5.74) is 0. The maximum Gasteiger partial charge on any atom is 0.237 e. The van der Waals surface area contributed by atoms with Crippen LogP contribution < -0.4 is 0 Å². The van der Waals surface area contributed by atoms with Gasteiger partial charge in [-0.05, 0) is 12.8 Å². The molecular weight excluding hydrogens is 184 g/mol. The number of nitrogens with one attached hydrogen (secondary N) is 1. The van der Waals surface area contributed by atoms with Crippen molar-refractivity contribution >= 4 is 18.2 Å². The fourth-order valence-electron chi connectivity index (χ4n) is 1.84. The Morgan fingerprint density at radius 2 is 1.86 bits per heavy atom. The average Bonchev–Trinajstić information content (AvgIpc) is 2.23. The number of rotatable bonds is 3. The first kappa shape index (κ1) is 8.93. The van der Waals surface area contributed by atoms with Crippen LogP contribution in [0.4, 0.5) is 0 Å². The molecule has 1 saturated heterocycles. The van der Waals surface area contributed by atoms with Crippen molar-refractivity contribution in [3.63, 3.8) is 0 Å². The zero-order chi connectivity index (χ0) is 10.1. The molecule has 1 aliphatic carbocycles. The van der Waals surface area contributed by atoms with Gasteiger partial charge in [0.15, 0.2) is 6.40 Å². The number of fused-ring (bicyclic) bond motifs is 1. The molecule has 0 spiro atoms. The Hall–Kier alpha value is -1.65. The van der Waals surface area contributed by atoms with E-state index in [0.29, 0.717) is 0 Å². The van der Waals surface area contributed by atoms with E-state index in [1.54, 1.807) is 0 Å². The van der Waals surface area contributed by atoms with Gasteiger partial charge in [-0.3, -0.25) is 19.9 Å². The van der Waals surface area contributed by atoms with E-state index >= 15 is 0 Å². The highest BCUT2D eigenvalue weighted by Gasteiger charge is 2.52. The molecule has 0 aromatic heterocycles. The lowest BCUT2D eigenvalue weighted by atomic mass is 9.76. The summed E-state index contributed by atoms with van der Waals surface area (Å²) in [5, 5.41) is 6.58. The van der Waals surface area contributed by atoms with Crippen molar-refractivity contribution < 1.29 is 14.3 Å². The molecule has 2 aliphatic rings. The van der Waals surface area contributed by atoms with Crippen molar-refractivity contribution in [1.82, 2.24) is 4.90 Å². The summed E-state index contributed by atoms with van der Waals surface area (Å²) in [6, 6.07) is 0. The molecule has 2 rings (SSSR count). The first-order chi connectivity index (χ1) is 6.75. The molecule has 14 heavy (non-hydrogen) atoms. The lowest BCUT2D eigenvalue weighted by Gasteiger charge is -2.23. The second-order valence-corrected chi connectivity index (χ2v) is 3.38. The summed E-state index contributed by atoms with van der Waals surface area (Å²) in [6.45, 7) is 0. The second kappa shape index (κ2) is 3.25. The van der Waals surface area contributed by atoms with Crippen LogP contribution in [-0.4, -0.2) is 23.1 Å². The van der Waals surface area contributed by atoms with Gasteiger partial charge in [0.05, 0.1) is 18.0 Å². The molecule has 1 heterocycles. The van der Waals surface area contributed by atoms with Gasteiger partial charge < -0.3 is 4.74 Å². The number of ether oxygens (including phenoxy) is 1. The van der Waals surface area contributed by atoms with E-state index in [0.717, 1.165) is 30.4 Å². The van der Waals surface area contributed by atoms with Gasteiger partial charge in [0.1, 0.15) is 6.26 Å². The Morgan fingerprint density at radius 1 is 1.29 bits per heavy atom. The third-order valence-corrected chi connectivity index (χ3v) is 2.74. The molecule has 0 radical (unpaired) electrons. The fourth-order valence-corrected chi connectivity index (χ4v) is 1.84. The smallest absolute Gasteiger partial charge is 0.237 e. The summed E-state index contributed by atoms with van der Waals surface area (Å²) in [7, 11) is 0. The summed E-state index contributed by atoms with van der Waals surface area (Å²) in [5.74, 6) is -0.494. The highest BCUT2D eigenvalue weighted by atomic mass is 16.5. The third kappa shape index (κ3) is 1.13. The Labute approximate surface area is 80.8 Å². The zero-order valence-electron chi connectivity index (χ0n) is 7.47. The molecule has 0 bridgehead atoms. The zero-order valence-corrected chi connectivity index (χ0v) is 7.47. The first-order valence-corrected chi connectivity index (χ1v) is 4.43. The van der Waals surface area contributed by atoms with Crippen molar-refractivity contribution in [3.05, 3.63) is 12.5 Å². The predicted molar refractivity (Wildman–Crippen MR) is 47.1 cm³/mol. The van der Waals surface area contributed by atoms with Crippen LogP contribution in [0.5, 0.6) is 0 Å². The molecular formula is C9H10N2O3. The Balaban J connectivity index is 2.08. The van der Waals surface area contributed by atoms with Crippen LogP contribution in [-0.2, 0) is 14.3 Å². The molecule has 1 N–H and O–H groups in total. The van der Waals surface area contributed by atoms with Gasteiger partial charge in [-0.25, -0.2) is 0 Å². The number of carbonyl (C=O) groups excluding carboxylic acids is 2. The monoisotopic (exact) mass is 194 g/mol. The topological polar surface area (TPSA) is 70.5 Å². The normalized spacial score (nSPS) is 30.4. The van der Waals surface area contributed by atoms with Gasteiger partial charge in [0, 0.05) is 0 Å². The SMILES string of the molecule is N=CO/C=C/N1C(=O)C2CCC2C1=O. The van der Waals surface area contributed by atoms with Crippen molar-refractivity contribution in [2.75, 3.05) is 0 Å². The molecule has 0 aromatic rings. The molecule has 2 atom stereocenters. The van der Waals surface area contributed by atoms with Crippen molar-refractivity contribution in [2.24, 2.45) is 11.8 Å². The van der Waals surface area contributed by atoms with Gasteiger partial charge in [-0.15, -0.1) is 0 Å². The van der Waals surface area contributed by atoms with Crippen LogP contribution in [0.15, 0.2) is 12.5 Å². The summed E-state index contributed by atoms with van der Waals surface area (Å²) >= 11 is 0. The number of imide groups is 1. The van der Waals surface area contributed by atoms with Crippen molar-refractivity contribution in [3.8, 4) is 0 Å². The van der Waals surface area contributed by atoms with Gasteiger partial charge in [-0.2, -0.15) is 0 Å². The largest absolute Gasteiger partial charge is 0.452 e. The highest BCUT2D eigenvalue weighted by molar-refractivity contribution is 6.07. The van der Waals surface area contributed by atoms with Gasteiger partial charge >= 0.3 is 0 Å². The third-order valence-electron chi connectivity index (χ3n) is 2.74. The number of nitrogens with zero attached hydrogens (tertiary/aromatic N) is 1. The minimum atomic E-state index is -0.143. The van der Waals surface area contributed by atoms with Gasteiger partial charge in [-0.1, -0.05) is 0 Å². The number of hydrogen-bond acceptors (Lipinski definition) is 4. The van der Waals surface area contributed by atoms with Crippen LogP contribution in [0.2, 0.25) is 0 Å². The average molecular weight is 194 g/mol. The first-order valence-electron chi connectivity index (χ1n) is 4.43. The van der Waals surface area contributed by atoms with E-state index in [2.05, 4.69) is 4.74 Å². The fraction of sp³-hybridized carbons (Fsp3) is 0.444. The maximum absolute atomic E-state index is 11.5. The molecule has 1 aliphatic heterocycles. The summed E-state index contributed by atoms with van der Waals surface area (Å²) in [4.78, 5) is 24.1. The maximum atomic E-state index is 11.5. The highest BCUT2D eigenvalue weighted by Crippen LogP contribution is 2.42. The lowest BCUT2D eigenvalue weighted by Crippen LogP contribution is -2.27. The van der Waals surface area contributed by atoms with Crippen LogP contribution in [0.1, 0.15) is 12.8 Å². The van der Waals surface area contributed by atoms with Crippen molar-refractivity contribution in [2.45, 2.75) is 12.8 Å². The van der Waals surface area contributed by atoms with Crippen LogP contribution >= 0.6 is 0 Å². The molecule has 5 nitrogen and oxygen atoms in total. The van der Waals surface area contributed by atoms with E-state index in [1.165, 1.54) is 6.20 Å². The lowest BCUT2D eigenvalue weighted by molar-refractivity contribution is -0.136. The van der Waals surface area contributed by atoms with E-state index < -0.39 is 0 Å². The predicted octanol–water partition coefficient (Wildman–Crippen LogP) is 0.476. The molecule has 2 fully saturated rings. The number of amides is 2. The second-order valence-electron chi connectivity index (χ2n) is 3.38. The Kier molecular flexibility index (Phi) is 2.07. The van der Waals surface area contributed by atoms with Gasteiger partial charge in [0.2, 0.25) is 11.8 Å². The number of hydrogen-bond donors (Lipinski definition) is 1. The van der Waals surface area contributed by atoms with E-state index in [-0.39, 0.29) is 23.7 Å². The number of likely N-dealkylation sites (tertiary alicyclic amines) is 1.